The third-order valence-corrected chi connectivity index (χ3v) is 3.52. The molecular formula is C12H6BrF3INO. The van der Waals surface area contributed by atoms with Crippen molar-refractivity contribution in [2.75, 3.05) is 5.73 Å². The summed E-state index contributed by atoms with van der Waals surface area (Å²) < 4.78 is 45.8. The second-order valence-electron chi connectivity index (χ2n) is 3.61. The number of ether oxygens (including phenoxy) is 1. The SMILES string of the molecule is Nc1cc(I)c(F)cc1Oc1cc(Br)cc(F)c1F. The number of nitrogens with two attached hydrogens (primary N) is 1. The highest BCUT2D eigenvalue weighted by Gasteiger charge is 2.15. The molecule has 0 spiro atoms. The Balaban J connectivity index is 2.44. The van der Waals surface area contributed by atoms with Crippen LogP contribution in [0.1, 0.15) is 0 Å². The van der Waals surface area contributed by atoms with Crippen molar-refractivity contribution in [1.29, 1.82) is 0 Å². The van der Waals surface area contributed by atoms with E-state index in [0.717, 1.165) is 12.1 Å². The number of rotatable bonds is 2. The number of benzene rings is 2. The van der Waals surface area contributed by atoms with Crippen molar-refractivity contribution >= 4 is 44.2 Å². The molecule has 100 valence electrons. The molecule has 0 amide bonds. The van der Waals surface area contributed by atoms with E-state index in [1.54, 1.807) is 22.6 Å². The minimum Gasteiger partial charge on any atom is -0.452 e. The molecule has 7 heteroatoms. The molecule has 2 N–H and O–H groups in total. The molecular weight excluding hydrogens is 438 g/mol. The monoisotopic (exact) mass is 443 g/mol. The van der Waals surface area contributed by atoms with E-state index < -0.39 is 17.5 Å². The fraction of sp³-hybridized carbons (Fsp3) is 0. The summed E-state index contributed by atoms with van der Waals surface area (Å²) in [5.41, 5.74) is 5.77. The van der Waals surface area contributed by atoms with Crippen LogP contribution in [0.5, 0.6) is 11.5 Å². The van der Waals surface area contributed by atoms with E-state index >= 15 is 0 Å². The fourth-order valence-electron chi connectivity index (χ4n) is 1.36. The maximum atomic E-state index is 13.5. The maximum Gasteiger partial charge on any atom is 0.201 e. The summed E-state index contributed by atoms with van der Waals surface area (Å²) >= 11 is 4.77. The lowest BCUT2D eigenvalue weighted by atomic mass is 10.3. The molecule has 0 fully saturated rings. The molecule has 0 bridgehead atoms. The summed E-state index contributed by atoms with van der Waals surface area (Å²) in [6.45, 7) is 0. The van der Waals surface area contributed by atoms with Crippen LogP contribution in [-0.2, 0) is 0 Å². The predicted molar refractivity (Wildman–Crippen MR) is 77.7 cm³/mol. The van der Waals surface area contributed by atoms with E-state index in [-0.39, 0.29) is 17.2 Å². The van der Waals surface area contributed by atoms with E-state index in [1.807, 2.05) is 0 Å². The first kappa shape index (κ1) is 14.4. The van der Waals surface area contributed by atoms with Crippen LogP contribution in [0.2, 0.25) is 0 Å². The van der Waals surface area contributed by atoms with Crippen LogP contribution in [0.15, 0.2) is 28.7 Å². The molecule has 0 saturated carbocycles. The lowest BCUT2D eigenvalue weighted by molar-refractivity contribution is 0.414. The Labute approximate surface area is 129 Å². The van der Waals surface area contributed by atoms with Gasteiger partial charge in [0.05, 0.1) is 9.26 Å². The minimum atomic E-state index is -1.17. The van der Waals surface area contributed by atoms with Crippen LogP contribution < -0.4 is 10.5 Å². The normalized spacial score (nSPS) is 10.6. The molecule has 0 atom stereocenters. The Bertz CT molecular complexity index is 651. The lowest BCUT2D eigenvalue weighted by Gasteiger charge is -2.11. The summed E-state index contributed by atoms with van der Waals surface area (Å²) in [5.74, 6) is -3.25. The van der Waals surface area contributed by atoms with Gasteiger partial charge in [0.1, 0.15) is 5.82 Å². The zero-order valence-corrected chi connectivity index (χ0v) is 12.9. The van der Waals surface area contributed by atoms with Crippen molar-refractivity contribution in [3.05, 3.63) is 49.8 Å². The fourth-order valence-corrected chi connectivity index (χ4v) is 2.26. The Morgan fingerprint density at radius 1 is 1.00 bits per heavy atom. The zero-order valence-electron chi connectivity index (χ0n) is 9.18. The summed E-state index contributed by atoms with van der Waals surface area (Å²) in [6, 6.07) is 4.56. The number of halogens is 5. The van der Waals surface area contributed by atoms with Crippen molar-refractivity contribution in [3.8, 4) is 11.5 Å². The van der Waals surface area contributed by atoms with Gasteiger partial charge in [-0.05, 0) is 40.8 Å². The lowest BCUT2D eigenvalue weighted by Crippen LogP contribution is -1.98. The third-order valence-electron chi connectivity index (χ3n) is 2.23. The Hall–Kier alpha value is -0.960. The number of hydrogen-bond acceptors (Lipinski definition) is 2. The van der Waals surface area contributed by atoms with Crippen molar-refractivity contribution in [3.63, 3.8) is 0 Å². The van der Waals surface area contributed by atoms with E-state index in [0.29, 0.717) is 8.04 Å². The van der Waals surface area contributed by atoms with Crippen LogP contribution >= 0.6 is 38.5 Å². The molecule has 2 rings (SSSR count). The molecule has 2 aromatic rings. The first-order valence-electron chi connectivity index (χ1n) is 4.95. The second kappa shape index (κ2) is 5.58. The molecule has 2 nitrogen and oxygen atoms in total. The second-order valence-corrected chi connectivity index (χ2v) is 5.68. The van der Waals surface area contributed by atoms with Crippen LogP contribution in [0.4, 0.5) is 18.9 Å². The summed E-state index contributed by atoms with van der Waals surface area (Å²) in [4.78, 5) is 0. The minimum absolute atomic E-state index is 0.0747. The third kappa shape index (κ3) is 3.14. The smallest absolute Gasteiger partial charge is 0.201 e. The van der Waals surface area contributed by atoms with Crippen molar-refractivity contribution in [1.82, 2.24) is 0 Å². The number of nitrogen functional groups attached to an aromatic ring is 1. The predicted octanol–water partition coefficient (Wildman–Crippen LogP) is 4.85. The van der Waals surface area contributed by atoms with Gasteiger partial charge < -0.3 is 10.5 Å². The molecule has 0 heterocycles. The van der Waals surface area contributed by atoms with Gasteiger partial charge in [0.15, 0.2) is 17.3 Å². The van der Waals surface area contributed by atoms with E-state index in [2.05, 4.69) is 15.9 Å². The zero-order chi connectivity index (χ0) is 14.2. The highest BCUT2D eigenvalue weighted by Crippen LogP contribution is 2.34. The van der Waals surface area contributed by atoms with E-state index in [1.165, 1.54) is 12.1 Å². The quantitative estimate of drug-likeness (QED) is 0.409. The highest BCUT2D eigenvalue weighted by molar-refractivity contribution is 14.1. The number of anilines is 1. The van der Waals surface area contributed by atoms with Crippen LogP contribution in [-0.4, -0.2) is 0 Å². The van der Waals surface area contributed by atoms with Gasteiger partial charge in [-0.1, -0.05) is 15.9 Å². The van der Waals surface area contributed by atoms with E-state index in [9.17, 15) is 13.2 Å². The molecule has 0 aliphatic carbocycles. The Morgan fingerprint density at radius 2 is 1.68 bits per heavy atom. The van der Waals surface area contributed by atoms with Crippen LogP contribution in [0.3, 0.4) is 0 Å². The first-order chi connectivity index (χ1) is 8.88. The van der Waals surface area contributed by atoms with Crippen molar-refractivity contribution in [2.45, 2.75) is 0 Å². The van der Waals surface area contributed by atoms with Gasteiger partial charge in [0.25, 0.3) is 0 Å². The van der Waals surface area contributed by atoms with E-state index in [4.69, 9.17) is 10.5 Å². The average Bonchev–Trinajstić information content (AvgIpc) is 2.32. The van der Waals surface area contributed by atoms with Crippen LogP contribution in [0, 0.1) is 21.0 Å². The molecule has 0 aliphatic rings. The molecule has 2 aromatic carbocycles. The summed E-state index contributed by atoms with van der Waals surface area (Å²) in [6.07, 6.45) is 0. The Morgan fingerprint density at radius 3 is 2.37 bits per heavy atom. The molecule has 0 radical (unpaired) electrons. The topological polar surface area (TPSA) is 35.2 Å². The summed E-state index contributed by atoms with van der Waals surface area (Å²) in [7, 11) is 0. The van der Waals surface area contributed by atoms with Gasteiger partial charge in [-0.3, -0.25) is 0 Å². The molecule has 0 unspecified atom stereocenters. The Kier molecular flexibility index (Phi) is 4.24. The van der Waals surface area contributed by atoms with Gasteiger partial charge in [0, 0.05) is 10.5 Å². The van der Waals surface area contributed by atoms with Gasteiger partial charge >= 0.3 is 0 Å². The first-order valence-corrected chi connectivity index (χ1v) is 6.82. The number of hydrogen-bond donors (Lipinski definition) is 1. The van der Waals surface area contributed by atoms with Gasteiger partial charge in [-0.15, -0.1) is 0 Å². The highest BCUT2D eigenvalue weighted by atomic mass is 127. The molecule has 19 heavy (non-hydrogen) atoms. The molecule has 0 aliphatic heterocycles. The summed E-state index contributed by atoms with van der Waals surface area (Å²) in [5, 5.41) is 0. The molecule has 0 saturated heterocycles. The van der Waals surface area contributed by atoms with Gasteiger partial charge in [0.2, 0.25) is 5.82 Å². The van der Waals surface area contributed by atoms with Gasteiger partial charge in [-0.25, -0.2) is 8.78 Å². The van der Waals surface area contributed by atoms with Crippen molar-refractivity contribution in [2.24, 2.45) is 0 Å². The largest absolute Gasteiger partial charge is 0.452 e. The molecule has 0 aromatic heterocycles. The standard InChI is InChI=1S/C12H6BrF3INO/c13-5-1-7(15)12(16)11(2-5)19-10-3-6(14)8(17)4-9(10)18/h1-4H,18H2. The van der Waals surface area contributed by atoms with Crippen LogP contribution in [0.25, 0.3) is 0 Å². The van der Waals surface area contributed by atoms with Gasteiger partial charge in [-0.2, -0.15) is 4.39 Å². The van der Waals surface area contributed by atoms with Crippen molar-refractivity contribution < 1.29 is 17.9 Å². The maximum absolute atomic E-state index is 13.5. The average molecular weight is 444 g/mol.